The van der Waals surface area contributed by atoms with Crippen LogP contribution in [0.3, 0.4) is 0 Å². The highest BCUT2D eigenvalue weighted by Crippen LogP contribution is 2.11. The van der Waals surface area contributed by atoms with Crippen molar-refractivity contribution in [1.29, 1.82) is 5.26 Å². The fraction of sp³-hybridized carbons (Fsp3) is 0.286. The molecule has 0 fully saturated rings. The Hall–Kier alpha value is -2.12. The van der Waals surface area contributed by atoms with Gasteiger partial charge >= 0.3 is 0 Å². The number of nitriles is 1. The summed E-state index contributed by atoms with van der Waals surface area (Å²) in [6, 6.07) is 9.90. The summed E-state index contributed by atoms with van der Waals surface area (Å²) >= 11 is 0. The molecule has 0 spiro atoms. The highest BCUT2D eigenvalue weighted by atomic mass is 15.1. The van der Waals surface area contributed by atoms with E-state index in [0.717, 1.165) is 17.8 Å². The molecule has 0 aliphatic carbocycles. The van der Waals surface area contributed by atoms with Crippen molar-refractivity contribution >= 4 is 0 Å². The topological polar surface area (TPSA) is 67.6 Å². The van der Waals surface area contributed by atoms with E-state index in [1.165, 1.54) is 0 Å². The van der Waals surface area contributed by atoms with E-state index in [1.807, 2.05) is 42.0 Å². The van der Waals surface area contributed by atoms with Crippen molar-refractivity contribution in [2.75, 3.05) is 0 Å². The summed E-state index contributed by atoms with van der Waals surface area (Å²) in [4.78, 5) is 4.31. The van der Waals surface area contributed by atoms with E-state index < -0.39 is 0 Å². The first-order valence-electron chi connectivity index (χ1n) is 5.94. The highest BCUT2D eigenvalue weighted by molar-refractivity contribution is 5.37. The minimum absolute atomic E-state index is 0.0809. The maximum atomic E-state index is 9.07. The van der Waals surface area contributed by atoms with Gasteiger partial charge in [0, 0.05) is 24.9 Å². The van der Waals surface area contributed by atoms with Crippen molar-refractivity contribution in [1.82, 2.24) is 9.55 Å². The van der Waals surface area contributed by atoms with E-state index >= 15 is 0 Å². The molecule has 1 aromatic heterocycles. The Bertz CT molecular complexity index is 563. The largest absolute Gasteiger partial charge is 0.330 e. The van der Waals surface area contributed by atoms with Crippen LogP contribution in [0.2, 0.25) is 0 Å². The molecule has 1 unspecified atom stereocenters. The number of aromatic nitrogens is 2. The summed E-state index contributed by atoms with van der Waals surface area (Å²) in [6.07, 6.45) is 4.43. The molecule has 0 aliphatic rings. The van der Waals surface area contributed by atoms with Crippen molar-refractivity contribution < 1.29 is 0 Å². The first-order valence-corrected chi connectivity index (χ1v) is 5.94. The van der Waals surface area contributed by atoms with E-state index in [4.69, 9.17) is 11.0 Å². The summed E-state index contributed by atoms with van der Waals surface area (Å²) < 4.78 is 2.04. The van der Waals surface area contributed by atoms with Gasteiger partial charge < -0.3 is 10.3 Å². The summed E-state index contributed by atoms with van der Waals surface area (Å²) in [5, 5.41) is 9.07. The van der Waals surface area contributed by atoms with Crippen molar-refractivity contribution in [3.8, 4) is 6.07 Å². The summed E-state index contributed by atoms with van der Waals surface area (Å²) in [6.45, 7) is 2.62. The molecule has 1 heterocycles. The van der Waals surface area contributed by atoms with Gasteiger partial charge in [-0.2, -0.15) is 5.26 Å². The van der Waals surface area contributed by atoms with Gasteiger partial charge in [0.15, 0.2) is 0 Å². The zero-order valence-electron chi connectivity index (χ0n) is 10.4. The van der Waals surface area contributed by atoms with Crippen LogP contribution in [0.5, 0.6) is 0 Å². The van der Waals surface area contributed by atoms with E-state index in [0.29, 0.717) is 12.1 Å². The molecule has 0 bridgehead atoms. The maximum Gasteiger partial charge on any atom is 0.110 e. The number of rotatable bonds is 4. The Morgan fingerprint density at radius 3 is 2.94 bits per heavy atom. The molecule has 2 rings (SSSR count). The maximum absolute atomic E-state index is 9.07. The molecule has 2 aromatic rings. The third kappa shape index (κ3) is 2.76. The molecule has 0 saturated heterocycles. The third-order valence-electron chi connectivity index (χ3n) is 2.78. The average Bonchev–Trinajstić information content (AvgIpc) is 2.76. The molecule has 18 heavy (non-hydrogen) atoms. The number of imidazole rings is 1. The minimum Gasteiger partial charge on any atom is -0.330 e. The molecule has 0 radical (unpaired) electrons. The van der Waals surface area contributed by atoms with Gasteiger partial charge in [0.05, 0.1) is 18.2 Å². The van der Waals surface area contributed by atoms with Crippen LogP contribution >= 0.6 is 0 Å². The van der Waals surface area contributed by atoms with E-state index in [2.05, 4.69) is 11.1 Å². The van der Waals surface area contributed by atoms with Gasteiger partial charge in [-0.15, -0.1) is 0 Å². The van der Waals surface area contributed by atoms with Gasteiger partial charge in [-0.05, 0) is 18.6 Å². The molecule has 1 atom stereocenters. The summed E-state index contributed by atoms with van der Waals surface area (Å²) in [7, 11) is 0. The van der Waals surface area contributed by atoms with Crippen LogP contribution in [0.15, 0.2) is 36.7 Å². The lowest BCUT2D eigenvalue weighted by Crippen LogP contribution is -2.20. The molecule has 4 heteroatoms. The van der Waals surface area contributed by atoms with Crippen molar-refractivity contribution in [3.63, 3.8) is 0 Å². The zero-order valence-corrected chi connectivity index (χ0v) is 10.4. The fourth-order valence-electron chi connectivity index (χ4n) is 1.91. The van der Waals surface area contributed by atoms with Crippen LogP contribution in [0.25, 0.3) is 0 Å². The number of hydrogen-bond donors (Lipinski definition) is 1. The number of benzene rings is 1. The van der Waals surface area contributed by atoms with Gasteiger partial charge in [-0.25, -0.2) is 4.98 Å². The van der Waals surface area contributed by atoms with E-state index in [1.54, 1.807) is 6.20 Å². The Morgan fingerprint density at radius 2 is 2.22 bits per heavy atom. The van der Waals surface area contributed by atoms with Gasteiger partial charge in [-0.3, -0.25) is 0 Å². The zero-order chi connectivity index (χ0) is 13.0. The second-order valence-corrected chi connectivity index (χ2v) is 4.42. The molecule has 0 amide bonds. The quantitative estimate of drug-likeness (QED) is 0.884. The van der Waals surface area contributed by atoms with Crippen molar-refractivity contribution in [2.24, 2.45) is 5.73 Å². The van der Waals surface area contributed by atoms with Crippen LogP contribution in [0, 0.1) is 11.3 Å². The van der Waals surface area contributed by atoms with Gasteiger partial charge in [0.2, 0.25) is 0 Å². The molecular weight excluding hydrogens is 224 g/mol. The van der Waals surface area contributed by atoms with E-state index in [-0.39, 0.29) is 6.04 Å². The lowest BCUT2D eigenvalue weighted by Gasteiger charge is -2.10. The third-order valence-corrected chi connectivity index (χ3v) is 2.78. The molecule has 4 nitrogen and oxygen atoms in total. The second-order valence-electron chi connectivity index (χ2n) is 4.42. The Balaban J connectivity index is 2.24. The summed E-state index contributed by atoms with van der Waals surface area (Å²) in [5.74, 6) is 0.956. The van der Waals surface area contributed by atoms with Gasteiger partial charge in [0.25, 0.3) is 0 Å². The fourth-order valence-corrected chi connectivity index (χ4v) is 1.91. The van der Waals surface area contributed by atoms with Crippen LogP contribution in [0.4, 0.5) is 0 Å². The average molecular weight is 240 g/mol. The van der Waals surface area contributed by atoms with Crippen LogP contribution in [-0.4, -0.2) is 15.6 Å². The second kappa shape index (κ2) is 5.48. The Labute approximate surface area is 107 Å². The molecular formula is C14H16N4. The Kier molecular flexibility index (Phi) is 3.75. The predicted molar refractivity (Wildman–Crippen MR) is 69.8 cm³/mol. The molecule has 92 valence electrons. The molecule has 2 N–H and O–H groups in total. The Morgan fingerprint density at radius 1 is 1.44 bits per heavy atom. The summed E-state index contributed by atoms with van der Waals surface area (Å²) in [5.41, 5.74) is 7.51. The SMILES string of the molecule is CC(N)Cc1nccn1Cc1ccccc1C#N. The number of nitrogens with zero attached hydrogens (tertiary/aromatic N) is 3. The lowest BCUT2D eigenvalue weighted by molar-refractivity contribution is 0.648. The first kappa shape index (κ1) is 12.3. The first-order chi connectivity index (χ1) is 8.70. The monoisotopic (exact) mass is 240 g/mol. The smallest absolute Gasteiger partial charge is 0.110 e. The minimum atomic E-state index is 0.0809. The normalized spacial score (nSPS) is 12.1. The highest BCUT2D eigenvalue weighted by Gasteiger charge is 2.08. The number of hydrogen-bond acceptors (Lipinski definition) is 3. The van der Waals surface area contributed by atoms with Crippen LogP contribution in [-0.2, 0) is 13.0 Å². The standard InChI is InChI=1S/C14H16N4/c1-11(16)8-14-17-6-7-18(14)10-13-5-3-2-4-12(13)9-15/h2-7,11H,8,10,16H2,1H3. The van der Waals surface area contributed by atoms with Gasteiger partial charge in [-0.1, -0.05) is 18.2 Å². The molecule has 0 saturated carbocycles. The van der Waals surface area contributed by atoms with Crippen LogP contribution in [0.1, 0.15) is 23.9 Å². The van der Waals surface area contributed by atoms with Crippen molar-refractivity contribution in [3.05, 3.63) is 53.6 Å². The molecule has 0 aliphatic heterocycles. The lowest BCUT2D eigenvalue weighted by atomic mass is 10.1. The molecule has 1 aromatic carbocycles. The van der Waals surface area contributed by atoms with Crippen LogP contribution < -0.4 is 5.73 Å². The predicted octanol–water partition coefficient (Wildman–Crippen LogP) is 1.69. The van der Waals surface area contributed by atoms with Crippen molar-refractivity contribution in [2.45, 2.75) is 25.9 Å². The van der Waals surface area contributed by atoms with Gasteiger partial charge in [0.1, 0.15) is 5.82 Å². The van der Waals surface area contributed by atoms with E-state index in [9.17, 15) is 0 Å². The number of nitrogens with two attached hydrogens (primary N) is 1.